The molecule has 0 bridgehead atoms. The summed E-state index contributed by atoms with van der Waals surface area (Å²) >= 11 is 6.13. The average Bonchev–Trinajstić information content (AvgIpc) is 2.42. The summed E-state index contributed by atoms with van der Waals surface area (Å²) in [4.78, 5) is 0.324. The van der Waals surface area contributed by atoms with Crippen LogP contribution in [0, 0.1) is 0 Å². The smallest absolute Gasteiger partial charge is 0.175 e. The fourth-order valence-electron chi connectivity index (χ4n) is 2.30. The second kappa shape index (κ2) is 9.44. The third-order valence-corrected chi connectivity index (χ3v) is 5.02. The minimum Gasteiger partial charge on any atom is -0.313 e. The van der Waals surface area contributed by atoms with E-state index in [1.165, 1.54) is 38.4 Å². The second-order valence-electron chi connectivity index (χ2n) is 5.43. The van der Waals surface area contributed by atoms with E-state index in [0.29, 0.717) is 22.0 Å². The third-order valence-electron chi connectivity index (χ3n) is 3.48. The highest BCUT2D eigenvalue weighted by Crippen LogP contribution is 2.23. The number of unbranched alkanes of at least 4 members (excludes halogenated alkanes) is 5. The molecular weight excluding hydrogens is 306 g/mol. The minimum absolute atomic E-state index is 0.324. The van der Waals surface area contributed by atoms with E-state index in [1.54, 1.807) is 18.2 Å². The van der Waals surface area contributed by atoms with Gasteiger partial charge in [0.2, 0.25) is 0 Å². The zero-order chi connectivity index (χ0) is 15.7. The van der Waals surface area contributed by atoms with E-state index in [2.05, 4.69) is 12.2 Å². The fourth-order valence-corrected chi connectivity index (χ4v) is 3.55. The lowest BCUT2D eigenvalue weighted by molar-refractivity contribution is 0.568. The number of nitrogens with one attached hydrogen (secondary N) is 1. The van der Waals surface area contributed by atoms with E-state index in [0.717, 1.165) is 13.0 Å². The number of benzene rings is 1. The molecule has 0 amide bonds. The Morgan fingerprint density at radius 2 is 1.76 bits per heavy atom. The highest BCUT2D eigenvalue weighted by Gasteiger charge is 2.15. The Labute approximate surface area is 134 Å². The molecule has 0 unspecified atom stereocenters. The van der Waals surface area contributed by atoms with Crippen LogP contribution in [-0.4, -0.2) is 21.2 Å². The summed E-state index contributed by atoms with van der Waals surface area (Å²) in [6.45, 7) is 3.60. The molecule has 0 aliphatic rings. The van der Waals surface area contributed by atoms with E-state index < -0.39 is 9.84 Å². The zero-order valence-electron chi connectivity index (χ0n) is 13.0. The lowest BCUT2D eigenvalue weighted by Crippen LogP contribution is -2.17. The van der Waals surface area contributed by atoms with Crippen molar-refractivity contribution in [2.24, 2.45) is 0 Å². The molecular formula is C16H26ClNO2S. The van der Waals surface area contributed by atoms with Crippen LogP contribution in [0.5, 0.6) is 0 Å². The maximum atomic E-state index is 11.8. The van der Waals surface area contributed by atoms with Gasteiger partial charge in [0.1, 0.15) is 0 Å². The van der Waals surface area contributed by atoms with Gasteiger partial charge in [-0.05, 0) is 25.1 Å². The number of hydrogen-bond acceptors (Lipinski definition) is 3. The van der Waals surface area contributed by atoms with E-state index in [9.17, 15) is 8.42 Å². The maximum absolute atomic E-state index is 11.8. The van der Waals surface area contributed by atoms with Crippen molar-refractivity contribution in [1.29, 1.82) is 0 Å². The van der Waals surface area contributed by atoms with Gasteiger partial charge in [0.15, 0.2) is 9.84 Å². The number of rotatable bonds is 10. The highest BCUT2D eigenvalue weighted by atomic mass is 35.5. The largest absolute Gasteiger partial charge is 0.313 e. The topological polar surface area (TPSA) is 46.2 Å². The number of sulfone groups is 1. The lowest BCUT2D eigenvalue weighted by atomic mass is 10.1. The Hall–Kier alpha value is -0.580. The molecule has 0 atom stereocenters. The first-order valence-corrected chi connectivity index (χ1v) is 9.92. The minimum atomic E-state index is -3.24. The molecule has 0 aliphatic heterocycles. The summed E-state index contributed by atoms with van der Waals surface area (Å²) in [5, 5.41) is 3.80. The van der Waals surface area contributed by atoms with E-state index in [-0.39, 0.29) is 0 Å². The van der Waals surface area contributed by atoms with Crippen molar-refractivity contribution in [3.05, 3.63) is 28.8 Å². The Bertz CT molecular complexity index is 529. The van der Waals surface area contributed by atoms with Crippen molar-refractivity contribution < 1.29 is 8.42 Å². The quantitative estimate of drug-likeness (QED) is 0.654. The van der Waals surface area contributed by atoms with Gasteiger partial charge in [-0.2, -0.15) is 0 Å². The summed E-state index contributed by atoms with van der Waals surface area (Å²) < 4.78 is 23.5. The summed E-state index contributed by atoms with van der Waals surface area (Å²) in [5.74, 6) is 0. The molecule has 120 valence electrons. The van der Waals surface area contributed by atoms with Gasteiger partial charge in [-0.25, -0.2) is 8.42 Å². The van der Waals surface area contributed by atoms with E-state index in [4.69, 9.17) is 11.6 Å². The molecule has 0 fully saturated rings. The molecule has 0 spiro atoms. The molecule has 5 heteroatoms. The zero-order valence-corrected chi connectivity index (χ0v) is 14.6. The van der Waals surface area contributed by atoms with Gasteiger partial charge in [-0.3, -0.25) is 0 Å². The lowest BCUT2D eigenvalue weighted by Gasteiger charge is -2.11. The molecule has 1 N–H and O–H groups in total. The Morgan fingerprint density at radius 3 is 2.43 bits per heavy atom. The van der Waals surface area contributed by atoms with Crippen LogP contribution in [0.25, 0.3) is 0 Å². The van der Waals surface area contributed by atoms with Crippen LogP contribution < -0.4 is 5.32 Å². The summed E-state index contributed by atoms with van der Waals surface area (Å²) in [7, 11) is -3.24. The van der Waals surface area contributed by atoms with E-state index in [1.807, 2.05) is 0 Å². The maximum Gasteiger partial charge on any atom is 0.175 e. The van der Waals surface area contributed by atoms with Gasteiger partial charge in [0, 0.05) is 23.4 Å². The number of halogens is 1. The second-order valence-corrected chi connectivity index (χ2v) is 7.82. The van der Waals surface area contributed by atoms with Gasteiger partial charge in [0.25, 0.3) is 0 Å². The molecule has 3 nitrogen and oxygen atoms in total. The van der Waals surface area contributed by atoms with Gasteiger partial charge in [-0.15, -0.1) is 0 Å². The average molecular weight is 332 g/mol. The van der Waals surface area contributed by atoms with Crippen molar-refractivity contribution in [2.45, 2.75) is 56.9 Å². The molecule has 0 aromatic heterocycles. The molecule has 0 heterocycles. The highest BCUT2D eigenvalue weighted by molar-refractivity contribution is 7.90. The van der Waals surface area contributed by atoms with Crippen molar-refractivity contribution in [2.75, 3.05) is 12.8 Å². The SMILES string of the molecule is CCCCCCCCNCc1c(Cl)cccc1S(C)(=O)=O. The van der Waals surface area contributed by atoms with Gasteiger partial charge < -0.3 is 5.32 Å². The predicted molar refractivity (Wildman–Crippen MR) is 89.6 cm³/mol. The number of hydrogen-bond donors (Lipinski definition) is 1. The Kier molecular flexibility index (Phi) is 8.30. The molecule has 0 saturated heterocycles. The van der Waals surface area contributed by atoms with Crippen LogP contribution in [0.15, 0.2) is 23.1 Å². The fraction of sp³-hybridized carbons (Fsp3) is 0.625. The van der Waals surface area contributed by atoms with Crippen LogP contribution in [0.2, 0.25) is 5.02 Å². The standard InChI is InChI=1S/C16H26ClNO2S/c1-3-4-5-6-7-8-12-18-13-14-15(17)10-9-11-16(14)21(2,19)20/h9-11,18H,3-8,12-13H2,1-2H3. The Morgan fingerprint density at radius 1 is 1.10 bits per heavy atom. The molecule has 1 aromatic rings. The van der Waals surface area contributed by atoms with Crippen LogP contribution >= 0.6 is 11.6 Å². The van der Waals surface area contributed by atoms with Gasteiger partial charge in [-0.1, -0.05) is 56.7 Å². The van der Waals surface area contributed by atoms with Crippen molar-refractivity contribution in [1.82, 2.24) is 5.32 Å². The molecule has 21 heavy (non-hydrogen) atoms. The van der Waals surface area contributed by atoms with Crippen molar-refractivity contribution in [3.63, 3.8) is 0 Å². The van der Waals surface area contributed by atoms with E-state index >= 15 is 0 Å². The normalized spacial score (nSPS) is 11.8. The predicted octanol–water partition coefficient (Wildman–Crippen LogP) is 4.19. The van der Waals surface area contributed by atoms with Crippen molar-refractivity contribution in [3.8, 4) is 0 Å². The Balaban J connectivity index is 2.42. The monoisotopic (exact) mass is 331 g/mol. The molecule has 0 saturated carbocycles. The first-order valence-electron chi connectivity index (χ1n) is 7.65. The van der Waals surface area contributed by atoms with Gasteiger partial charge in [0.05, 0.1) is 4.90 Å². The van der Waals surface area contributed by atoms with Crippen molar-refractivity contribution >= 4 is 21.4 Å². The first-order chi connectivity index (χ1) is 9.96. The van der Waals surface area contributed by atoms with Crippen LogP contribution in [-0.2, 0) is 16.4 Å². The molecule has 0 aliphatic carbocycles. The third kappa shape index (κ3) is 6.81. The summed E-state index contributed by atoms with van der Waals surface area (Å²) in [6, 6.07) is 5.02. The van der Waals surface area contributed by atoms with Crippen LogP contribution in [0.3, 0.4) is 0 Å². The van der Waals surface area contributed by atoms with Crippen LogP contribution in [0.4, 0.5) is 0 Å². The first kappa shape index (κ1) is 18.5. The van der Waals surface area contributed by atoms with Gasteiger partial charge >= 0.3 is 0 Å². The summed E-state index contributed by atoms with van der Waals surface area (Å²) in [6.07, 6.45) is 8.70. The molecule has 1 rings (SSSR count). The van der Waals surface area contributed by atoms with Crippen LogP contribution in [0.1, 0.15) is 51.0 Å². The summed E-state index contributed by atoms with van der Waals surface area (Å²) in [5.41, 5.74) is 0.674. The molecule has 0 radical (unpaired) electrons. The molecule has 1 aromatic carbocycles.